The number of pyridine rings is 2. The first-order valence-corrected chi connectivity index (χ1v) is 13.3. The molecule has 1 aliphatic rings. The lowest BCUT2D eigenvalue weighted by atomic mass is 9.89. The molecular formula is C31H30FN7. The minimum absolute atomic E-state index is 0.275. The second-order valence-corrected chi connectivity index (χ2v) is 9.91. The van der Waals surface area contributed by atoms with E-state index in [2.05, 4.69) is 55.3 Å². The normalized spacial score (nSPS) is 15.3. The number of benzene rings is 1. The van der Waals surface area contributed by atoms with Crippen molar-refractivity contribution in [1.82, 2.24) is 35.5 Å². The molecule has 0 radical (unpaired) electrons. The molecule has 0 atom stereocenters. The Balaban J connectivity index is 1.36. The monoisotopic (exact) mass is 519 g/mol. The molecule has 0 spiro atoms. The number of rotatable bonds is 7. The molecule has 5 aromatic rings. The van der Waals surface area contributed by atoms with Gasteiger partial charge >= 0.3 is 0 Å². The summed E-state index contributed by atoms with van der Waals surface area (Å²) in [5.74, 6) is 1.02. The van der Waals surface area contributed by atoms with Crippen LogP contribution in [-0.4, -0.2) is 43.2 Å². The minimum Gasteiger partial charge on any atom is -0.335 e. The molecular weight excluding hydrogens is 489 g/mol. The van der Waals surface area contributed by atoms with E-state index in [-0.39, 0.29) is 5.82 Å². The highest BCUT2D eigenvalue weighted by Crippen LogP contribution is 2.32. The Morgan fingerprint density at radius 3 is 2.69 bits per heavy atom. The van der Waals surface area contributed by atoms with Crippen LogP contribution >= 0.6 is 0 Å². The third-order valence-electron chi connectivity index (χ3n) is 7.42. The molecule has 1 aromatic carbocycles. The second kappa shape index (κ2) is 10.7. The topological polar surface area (TPSA) is 95.2 Å². The van der Waals surface area contributed by atoms with Crippen molar-refractivity contribution in [3.8, 4) is 22.6 Å². The first-order chi connectivity index (χ1) is 19.1. The first-order valence-electron chi connectivity index (χ1n) is 13.3. The van der Waals surface area contributed by atoms with E-state index in [0.717, 1.165) is 58.4 Å². The van der Waals surface area contributed by atoms with Gasteiger partial charge in [0, 0.05) is 23.5 Å². The molecule has 0 saturated carbocycles. The number of imidazole rings is 1. The molecule has 0 unspecified atom stereocenters. The Labute approximate surface area is 226 Å². The fraction of sp³-hybridized carbons (Fsp3) is 0.226. The zero-order valence-corrected chi connectivity index (χ0v) is 21.8. The van der Waals surface area contributed by atoms with Crippen molar-refractivity contribution >= 4 is 27.8 Å². The molecule has 8 heteroatoms. The number of H-pyrrole nitrogens is 2. The van der Waals surface area contributed by atoms with Crippen molar-refractivity contribution in [2.24, 2.45) is 5.92 Å². The third kappa shape index (κ3) is 5.03. The predicted octanol–water partition coefficient (Wildman–Crippen LogP) is 6.61. The average Bonchev–Trinajstić information content (AvgIpc) is 3.60. The highest BCUT2D eigenvalue weighted by atomic mass is 19.1. The molecule has 4 aromatic heterocycles. The van der Waals surface area contributed by atoms with Gasteiger partial charge in [-0.25, -0.2) is 19.3 Å². The molecule has 39 heavy (non-hydrogen) atoms. The Bertz CT molecular complexity index is 1700. The fourth-order valence-corrected chi connectivity index (χ4v) is 5.29. The molecule has 5 heterocycles. The molecule has 1 aliphatic heterocycles. The summed E-state index contributed by atoms with van der Waals surface area (Å²) in [6.07, 6.45) is 13.3. The van der Waals surface area contributed by atoms with Crippen molar-refractivity contribution in [3.05, 3.63) is 90.6 Å². The lowest BCUT2D eigenvalue weighted by Gasteiger charge is -2.23. The van der Waals surface area contributed by atoms with Crippen molar-refractivity contribution < 1.29 is 4.39 Å². The summed E-state index contributed by atoms with van der Waals surface area (Å²) < 4.78 is 13.5. The van der Waals surface area contributed by atoms with Crippen molar-refractivity contribution in [3.63, 3.8) is 0 Å². The maximum Gasteiger partial charge on any atom is 0.181 e. The van der Waals surface area contributed by atoms with Crippen LogP contribution in [0.2, 0.25) is 0 Å². The van der Waals surface area contributed by atoms with Gasteiger partial charge in [-0.1, -0.05) is 36.9 Å². The standard InChI is InChI=1S/C31H30FN7/c1-3-19(15-20-9-12-33-13-10-20)16-21(4-2)23-17-26-28(38-39-29(26)35-18-23)31-36-27-25(11-14-34-30(27)37-31)22-5-7-24(32)8-6-22/h3-8,11,14,16-18,20,33H,1,9-10,12-13,15H2,2H3,(H,34,36,37)(H,35,38,39)/b19-16+,21-4+. The van der Waals surface area contributed by atoms with Gasteiger partial charge in [0.15, 0.2) is 17.1 Å². The van der Waals surface area contributed by atoms with Crippen LogP contribution in [0.25, 0.3) is 50.4 Å². The Morgan fingerprint density at radius 2 is 1.92 bits per heavy atom. The molecule has 7 nitrogen and oxygen atoms in total. The van der Waals surface area contributed by atoms with Crippen LogP contribution in [0.4, 0.5) is 4.39 Å². The van der Waals surface area contributed by atoms with E-state index in [9.17, 15) is 4.39 Å². The van der Waals surface area contributed by atoms with E-state index >= 15 is 0 Å². The summed E-state index contributed by atoms with van der Waals surface area (Å²) in [5, 5.41) is 11.8. The summed E-state index contributed by atoms with van der Waals surface area (Å²) in [6, 6.07) is 10.4. The SMILES string of the molecule is C=C/C(=C\C(=C/C)c1cnc2n[nH]c(-c3nc4nccc(-c5ccc(F)cc5)c4[nH]3)c2c1)CC1CCNCC1. The smallest absolute Gasteiger partial charge is 0.181 e. The average molecular weight is 520 g/mol. The number of fused-ring (bicyclic) bond motifs is 2. The van der Waals surface area contributed by atoms with E-state index in [0.29, 0.717) is 23.0 Å². The largest absolute Gasteiger partial charge is 0.335 e. The number of allylic oxidation sites excluding steroid dienone is 5. The number of hydrogen-bond donors (Lipinski definition) is 3. The minimum atomic E-state index is -0.275. The zero-order chi connectivity index (χ0) is 26.8. The van der Waals surface area contributed by atoms with Gasteiger partial charge in [0.2, 0.25) is 0 Å². The van der Waals surface area contributed by atoms with Gasteiger partial charge in [-0.05, 0) is 86.2 Å². The lowest BCUT2D eigenvalue weighted by Crippen LogP contribution is -2.27. The number of nitrogens with one attached hydrogen (secondary N) is 3. The van der Waals surface area contributed by atoms with Crippen LogP contribution < -0.4 is 5.32 Å². The fourth-order valence-electron chi connectivity index (χ4n) is 5.29. The van der Waals surface area contributed by atoms with Crippen LogP contribution in [0.1, 0.15) is 31.7 Å². The number of nitrogens with zero attached hydrogens (tertiary/aromatic N) is 4. The number of hydrogen-bond acceptors (Lipinski definition) is 5. The zero-order valence-electron chi connectivity index (χ0n) is 21.8. The maximum absolute atomic E-state index is 13.5. The summed E-state index contributed by atoms with van der Waals surface area (Å²) in [5.41, 5.74) is 7.79. The summed E-state index contributed by atoms with van der Waals surface area (Å²) >= 11 is 0. The van der Waals surface area contributed by atoms with Crippen molar-refractivity contribution in [1.29, 1.82) is 0 Å². The molecule has 0 amide bonds. The summed E-state index contributed by atoms with van der Waals surface area (Å²) in [7, 11) is 0. The summed E-state index contributed by atoms with van der Waals surface area (Å²) in [4.78, 5) is 17.2. The number of aromatic nitrogens is 6. The van der Waals surface area contributed by atoms with Gasteiger partial charge in [-0.3, -0.25) is 5.10 Å². The van der Waals surface area contributed by atoms with E-state index in [1.54, 1.807) is 18.3 Å². The molecule has 0 aliphatic carbocycles. The molecule has 1 fully saturated rings. The van der Waals surface area contributed by atoms with Crippen LogP contribution in [-0.2, 0) is 0 Å². The van der Waals surface area contributed by atoms with Gasteiger partial charge in [0.05, 0.1) is 10.9 Å². The van der Waals surface area contributed by atoms with E-state index in [1.165, 1.54) is 30.5 Å². The van der Waals surface area contributed by atoms with Gasteiger partial charge in [0.25, 0.3) is 0 Å². The van der Waals surface area contributed by atoms with E-state index in [1.807, 2.05) is 25.3 Å². The van der Waals surface area contributed by atoms with E-state index in [4.69, 9.17) is 4.98 Å². The first kappa shape index (κ1) is 24.9. The van der Waals surface area contributed by atoms with Crippen LogP contribution in [0.15, 0.2) is 79.2 Å². The van der Waals surface area contributed by atoms with E-state index < -0.39 is 0 Å². The van der Waals surface area contributed by atoms with Crippen molar-refractivity contribution in [2.75, 3.05) is 13.1 Å². The lowest BCUT2D eigenvalue weighted by molar-refractivity contribution is 0.374. The van der Waals surface area contributed by atoms with Gasteiger partial charge in [0.1, 0.15) is 11.5 Å². The van der Waals surface area contributed by atoms with Crippen LogP contribution in [0, 0.1) is 11.7 Å². The molecule has 6 rings (SSSR count). The molecule has 3 N–H and O–H groups in total. The highest BCUT2D eigenvalue weighted by molar-refractivity contribution is 5.96. The number of halogens is 1. The van der Waals surface area contributed by atoms with Gasteiger partial charge in [-0.2, -0.15) is 5.10 Å². The van der Waals surface area contributed by atoms with Gasteiger partial charge < -0.3 is 10.3 Å². The quantitative estimate of drug-likeness (QED) is 0.210. The number of piperidine rings is 1. The maximum atomic E-state index is 13.5. The predicted molar refractivity (Wildman–Crippen MR) is 154 cm³/mol. The second-order valence-electron chi connectivity index (χ2n) is 9.91. The third-order valence-corrected chi connectivity index (χ3v) is 7.42. The van der Waals surface area contributed by atoms with Crippen LogP contribution in [0.3, 0.4) is 0 Å². The van der Waals surface area contributed by atoms with Gasteiger partial charge in [-0.15, -0.1) is 0 Å². The Kier molecular flexibility index (Phi) is 6.85. The Hall–Kier alpha value is -4.43. The number of aromatic amines is 2. The molecule has 196 valence electrons. The highest BCUT2D eigenvalue weighted by Gasteiger charge is 2.18. The molecule has 1 saturated heterocycles. The molecule has 0 bridgehead atoms. The Morgan fingerprint density at radius 1 is 1.10 bits per heavy atom. The van der Waals surface area contributed by atoms with Crippen LogP contribution in [0.5, 0.6) is 0 Å². The van der Waals surface area contributed by atoms with Crippen molar-refractivity contribution in [2.45, 2.75) is 26.2 Å². The summed E-state index contributed by atoms with van der Waals surface area (Å²) in [6.45, 7) is 8.28.